The van der Waals surface area contributed by atoms with Crippen LogP contribution in [0.25, 0.3) is 0 Å². The van der Waals surface area contributed by atoms with Gasteiger partial charge in [0.2, 0.25) is 10.0 Å². The topological polar surface area (TPSA) is 119 Å². The molecule has 31 heavy (non-hydrogen) atoms. The van der Waals surface area contributed by atoms with Crippen LogP contribution in [-0.2, 0) is 32.5 Å². The predicted molar refractivity (Wildman–Crippen MR) is 112 cm³/mol. The number of fused-ring (bicyclic) bond motifs is 1. The summed E-state index contributed by atoms with van der Waals surface area (Å²) < 4.78 is 38.4. The number of sulfonamides is 1. The zero-order valence-electron chi connectivity index (χ0n) is 17.6. The highest BCUT2D eigenvalue weighted by molar-refractivity contribution is 7.89. The lowest BCUT2D eigenvalue weighted by Gasteiger charge is -2.32. The molecular formula is C21H27N3O6S. The molecule has 1 aromatic carbocycles. The van der Waals surface area contributed by atoms with Crippen molar-refractivity contribution < 1.29 is 27.8 Å². The average molecular weight is 450 g/mol. The molecule has 1 N–H and O–H groups in total. The minimum absolute atomic E-state index is 0.00120. The van der Waals surface area contributed by atoms with Crippen molar-refractivity contribution in [3.8, 4) is 5.75 Å². The molecule has 0 bridgehead atoms. The minimum atomic E-state index is -4.05. The first-order valence-corrected chi connectivity index (χ1v) is 11.6. The summed E-state index contributed by atoms with van der Waals surface area (Å²) in [5.74, 6) is -0.205. The smallest absolute Gasteiger partial charge is 0.322 e. The maximum absolute atomic E-state index is 13.2. The van der Waals surface area contributed by atoms with E-state index in [1.54, 1.807) is 12.1 Å². The van der Waals surface area contributed by atoms with Gasteiger partial charge in [-0.05, 0) is 30.2 Å². The van der Waals surface area contributed by atoms with Crippen LogP contribution in [0.15, 0.2) is 41.6 Å². The van der Waals surface area contributed by atoms with Crippen LogP contribution in [0.2, 0.25) is 0 Å². The van der Waals surface area contributed by atoms with Gasteiger partial charge in [0.05, 0.1) is 29.4 Å². The summed E-state index contributed by atoms with van der Waals surface area (Å²) in [5.41, 5.74) is 0.964. The molecule has 0 fully saturated rings. The summed E-state index contributed by atoms with van der Waals surface area (Å²) in [6, 6.07) is 4.73. The van der Waals surface area contributed by atoms with Crippen LogP contribution < -0.4 is 4.74 Å². The van der Waals surface area contributed by atoms with Crippen LogP contribution in [0.1, 0.15) is 31.7 Å². The van der Waals surface area contributed by atoms with Gasteiger partial charge in [-0.1, -0.05) is 13.8 Å². The third kappa shape index (κ3) is 5.78. The number of rotatable bonds is 10. The van der Waals surface area contributed by atoms with Crippen LogP contribution in [-0.4, -0.2) is 59.6 Å². The maximum Gasteiger partial charge on any atom is 0.322 e. The lowest BCUT2D eigenvalue weighted by Crippen LogP contribution is -2.49. The molecule has 0 saturated carbocycles. The van der Waals surface area contributed by atoms with E-state index in [9.17, 15) is 18.3 Å². The monoisotopic (exact) mass is 449 g/mol. The number of carboxylic acid groups (broad SMARTS) is 1. The quantitative estimate of drug-likeness (QED) is 0.548. The van der Waals surface area contributed by atoms with Crippen molar-refractivity contribution in [3.05, 3.63) is 48.0 Å². The molecule has 0 unspecified atom stereocenters. The molecule has 9 nitrogen and oxygen atoms in total. The van der Waals surface area contributed by atoms with Crippen molar-refractivity contribution in [2.45, 2.75) is 44.2 Å². The van der Waals surface area contributed by atoms with Gasteiger partial charge in [0, 0.05) is 38.4 Å². The molecule has 0 saturated heterocycles. The first-order valence-electron chi connectivity index (χ1n) is 10.1. The molecule has 3 rings (SSSR count). The number of carboxylic acids is 1. The summed E-state index contributed by atoms with van der Waals surface area (Å²) in [6.45, 7) is 5.78. The van der Waals surface area contributed by atoms with E-state index in [-0.39, 0.29) is 17.9 Å². The van der Waals surface area contributed by atoms with E-state index in [1.165, 1.54) is 24.5 Å². The Morgan fingerprint density at radius 2 is 1.84 bits per heavy atom. The number of carbonyl (C=O) groups is 1. The van der Waals surface area contributed by atoms with Gasteiger partial charge >= 0.3 is 5.97 Å². The second kappa shape index (κ2) is 10.2. The number of hydrogen-bond donors (Lipinski definition) is 1. The summed E-state index contributed by atoms with van der Waals surface area (Å²) in [4.78, 5) is 20.0. The molecule has 0 spiro atoms. The van der Waals surface area contributed by atoms with Crippen molar-refractivity contribution in [2.24, 2.45) is 5.92 Å². The van der Waals surface area contributed by atoms with Gasteiger partial charge < -0.3 is 14.6 Å². The van der Waals surface area contributed by atoms with Crippen molar-refractivity contribution in [1.82, 2.24) is 14.3 Å². The fraction of sp³-hybridized carbons (Fsp3) is 0.476. The molecule has 1 aromatic heterocycles. The summed E-state index contributed by atoms with van der Waals surface area (Å²) in [5, 5.41) is 9.59. The summed E-state index contributed by atoms with van der Waals surface area (Å²) >= 11 is 0. The first kappa shape index (κ1) is 23.1. The second-order valence-electron chi connectivity index (χ2n) is 7.70. The van der Waals surface area contributed by atoms with Crippen LogP contribution in [0.3, 0.4) is 0 Å². The lowest BCUT2D eigenvalue weighted by molar-refractivity contribution is -0.141. The fourth-order valence-corrected chi connectivity index (χ4v) is 4.76. The van der Waals surface area contributed by atoms with Crippen LogP contribution in [0, 0.1) is 5.92 Å². The summed E-state index contributed by atoms with van der Waals surface area (Å²) in [6.07, 6.45) is 3.63. The number of aromatic nitrogens is 2. The molecular weight excluding hydrogens is 422 g/mol. The Balaban J connectivity index is 1.66. The van der Waals surface area contributed by atoms with E-state index in [2.05, 4.69) is 23.8 Å². The van der Waals surface area contributed by atoms with Crippen LogP contribution in [0.5, 0.6) is 5.75 Å². The van der Waals surface area contributed by atoms with Gasteiger partial charge in [0.25, 0.3) is 0 Å². The number of ether oxygens (including phenoxy) is 2. The van der Waals surface area contributed by atoms with E-state index >= 15 is 0 Å². The fourth-order valence-electron chi connectivity index (χ4n) is 3.22. The molecule has 168 valence electrons. The van der Waals surface area contributed by atoms with E-state index in [0.717, 1.165) is 10.7 Å². The van der Waals surface area contributed by atoms with E-state index in [0.29, 0.717) is 42.9 Å². The average Bonchev–Trinajstić information content (AvgIpc) is 2.75. The van der Waals surface area contributed by atoms with Gasteiger partial charge in [-0.3, -0.25) is 14.8 Å². The van der Waals surface area contributed by atoms with Crippen molar-refractivity contribution in [2.75, 3.05) is 19.8 Å². The molecule has 2 aromatic rings. The highest BCUT2D eigenvalue weighted by atomic mass is 32.2. The lowest BCUT2D eigenvalue weighted by atomic mass is 10.1. The Morgan fingerprint density at radius 1 is 1.16 bits per heavy atom. The van der Waals surface area contributed by atoms with E-state index < -0.39 is 22.0 Å². The molecule has 1 aliphatic rings. The highest BCUT2D eigenvalue weighted by Gasteiger charge is 2.40. The maximum atomic E-state index is 13.2. The van der Waals surface area contributed by atoms with Crippen LogP contribution >= 0.6 is 0 Å². The van der Waals surface area contributed by atoms with Gasteiger partial charge in [-0.15, -0.1) is 0 Å². The van der Waals surface area contributed by atoms with Crippen molar-refractivity contribution in [1.29, 1.82) is 0 Å². The molecule has 0 radical (unpaired) electrons. The number of benzene rings is 1. The predicted octanol–water partition coefficient (Wildman–Crippen LogP) is 2.12. The third-order valence-corrected chi connectivity index (χ3v) is 6.64. The van der Waals surface area contributed by atoms with Gasteiger partial charge in [0.1, 0.15) is 11.8 Å². The standard InChI is InChI=1S/C21H27N3O6S/c1-15(2)14-29-10-3-11-30-16-4-6-17(7-5-16)31(27,28)24-13-19-18(22-8-9-23-19)12-20(24)21(25)26/h4-9,15,20H,3,10-14H2,1-2H3,(H,25,26)/t20-/m1/s1. The number of aliphatic carboxylic acids is 1. The van der Waals surface area contributed by atoms with E-state index in [1.807, 2.05) is 0 Å². The van der Waals surface area contributed by atoms with Crippen molar-refractivity contribution in [3.63, 3.8) is 0 Å². The van der Waals surface area contributed by atoms with Gasteiger partial charge in [-0.25, -0.2) is 8.42 Å². The third-order valence-electron chi connectivity index (χ3n) is 4.77. The highest BCUT2D eigenvalue weighted by Crippen LogP contribution is 2.28. The van der Waals surface area contributed by atoms with E-state index in [4.69, 9.17) is 9.47 Å². The Hall–Kier alpha value is -2.56. The van der Waals surface area contributed by atoms with Gasteiger partial charge in [0.15, 0.2) is 0 Å². The Bertz CT molecular complexity index is 994. The largest absolute Gasteiger partial charge is 0.494 e. The molecule has 0 amide bonds. The Morgan fingerprint density at radius 3 is 2.48 bits per heavy atom. The molecule has 0 aliphatic carbocycles. The zero-order valence-corrected chi connectivity index (χ0v) is 18.4. The van der Waals surface area contributed by atoms with Crippen LogP contribution in [0.4, 0.5) is 0 Å². The number of nitrogens with zero attached hydrogens (tertiary/aromatic N) is 3. The SMILES string of the molecule is CC(C)COCCCOc1ccc(S(=O)(=O)N2Cc3nccnc3C[C@@H]2C(=O)O)cc1. The number of hydrogen-bond acceptors (Lipinski definition) is 7. The molecule has 10 heteroatoms. The Kier molecular flexibility index (Phi) is 7.58. The second-order valence-corrected chi connectivity index (χ2v) is 9.59. The molecule has 2 heterocycles. The van der Waals surface area contributed by atoms with Gasteiger partial charge in [-0.2, -0.15) is 4.31 Å². The molecule has 1 atom stereocenters. The Labute approximate surface area is 182 Å². The normalized spacial score (nSPS) is 16.8. The minimum Gasteiger partial charge on any atom is -0.494 e. The first-order chi connectivity index (χ1) is 14.8. The van der Waals surface area contributed by atoms with Crippen molar-refractivity contribution >= 4 is 16.0 Å². The molecule has 1 aliphatic heterocycles. The zero-order chi connectivity index (χ0) is 22.4. The summed E-state index contributed by atoms with van der Waals surface area (Å²) in [7, 11) is -4.05.